The third-order valence-corrected chi connectivity index (χ3v) is 7.75. The van der Waals surface area contributed by atoms with Crippen molar-refractivity contribution in [2.75, 3.05) is 20.2 Å². The Balaban J connectivity index is 1.69. The van der Waals surface area contributed by atoms with Crippen molar-refractivity contribution in [2.24, 2.45) is 5.92 Å². The van der Waals surface area contributed by atoms with Crippen LogP contribution in [0.1, 0.15) is 35.1 Å². The SMILES string of the molecule is COc1ccc(CNC(=O)[C@@H]2CCCN(S(=O)(=O)c3c(C)cc(C)cc3C)C2)cc1. The summed E-state index contributed by atoms with van der Waals surface area (Å²) in [6.45, 7) is 6.68. The molecule has 1 atom stereocenters. The summed E-state index contributed by atoms with van der Waals surface area (Å²) < 4.78 is 33.3. The number of ether oxygens (including phenoxy) is 1. The molecule has 0 bridgehead atoms. The van der Waals surface area contributed by atoms with Crippen LogP contribution in [0.25, 0.3) is 0 Å². The molecular formula is C23H30N2O4S. The van der Waals surface area contributed by atoms with E-state index in [4.69, 9.17) is 4.74 Å². The Kier molecular flexibility index (Phi) is 6.83. The molecule has 1 aliphatic heterocycles. The molecule has 1 saturated heterocycles. The van der Waals surface area contributed by atoms with Crippen molar-refractivity contribution < 1.29 is 17.9 Å². The molecule has 7 heteroatoms. The molecule has 0 radical (unpaired) electrons. The van der Waals surface area contributed by atoms with E-state index < -0.39 is 10.0 Å². The first-order valence-corrected chi connectivity index (χ1v) is 11.6. The zero-order valence-electron chi connectivity index (χ0n) is 18.1. The number of hydrogen-bond donors (Lipinski definition) is 1. The van der Waals surface area contributed by atoms with Gasteiger partial charge in [-0.15, -0.1) is 0 Å². The highest BCUT2D eigenvalue weighted by Gasteiger charge is 2.34. The van der Waals surface area contributed by atoms with Crippen LogP contribution in [0.3, 0.4) is 0 Å². The lowest BCUT2D eigenvalue weighted by atomic mass is 9.99. The minimum absolute atomic E-state index is 0.108. The van der Waals surface area contributed by atoms with Gasteiger partial charge in [-0.05, 0) is 62.4 Å². The van der Waals surface area contributed by atoms with Gasteiger partial charge in [-0.25, -0.2) is 8.42 Å². The van der Waals surface area contributed by atoms with Gasteiger partial charge in [-0.2, -0.15) is 4.31 Å². The zero-order valence-corrected chi connectivity index (χ0v) is 18.9. The van der Waals surface area contributed by atoms with Crippen molar-refractivity contribution in [2.45, 2.75) is 45.1 Å². The highest BCUT2D eigenvalue weighted by Crippen LogP contribution is 2.29. The summed E-state index contributed by atoms with van der Waals surface area (Å²) in [6, 6.07) is 11.3. The quantitative estimate of drug-likeness (QED) is 0.763. The number of carbonyl (C=O) groups is 1. The predicted molar refractivity (Wildman–Crippen MR) is 117 cm³/mol. The molecule has 0 unspecified atom stereocenters. The monoisotopic (exact) mass is 430 g/mol. The third-order valence-electron chi connectivity index (χ3n) is 5.58. The van der Waals surface area contributed by atoms with Gasteiger partial charge in [0.05, 0.1) is 17.9 Å². The number of sulfonamides is 1. The van der Waals surface area contributed by atoms with Crippen LogP contribution in [0.5, 0.6) is 5.75 Å². The summed E-state index contributed by atoms with van der Waals surface area (Å²) in [5, 5.41) is 2.95. The first-order chi connectivity index (χ1) is 14.2. The first kappa shape index (κ1) is 22.3. The van der Waals surface area contributed by atoms with Crippen LogP contribution in [-0.4, -0.2) is 38.8 Å². The average Bonchev–Trinajstić information content (AvgIpc) is 2.71. The smallest absolute Gasteiger partial charge is 0.243 e. The molecule has 0 spiro atoms. The van der Waals surface area contributed by atoms with Crippen LogP contribution in [-0.2, 0) is 21.4 Å². The fourth-order valence-electron chi connectivity index (χ4n) is 4.15. The Bertz CT molecular complexity index is 993. The second-order valence-corrected chi connectivity index (χ2v) is 9.87. The number of aryl methyl sites for hydroxylation is 3. The van der Waals surface area contributed by atoms with Gasteiger partial charge in [0.2, 0.25) is 15.9 Å². The number of methoxy groups -OCH3 is 1. The molecular weight excluding hydrogens is 400 g/mol. The summed E-state index contributed by atoms with van der Waals surface area (Å²) in [5.41, 5.74) is 3.51. The van der Waals surface area contributed by atoms with Crippen molar-refractivity contribution in [3.63, 3.8) is 0 Å². The van der Waals surface area contributed by atoms with Crippen molar-refractivity contribution in [3.8, 4) is 5.75 Å². The van der Waals surface area contributed by atoms with Crippen molar-refractivity contribution >= 4 is 15.9 Å². The molecule has 1 amide bonds. The van der Waals surface area contributed by atoms with Gasteiger partial charge in [-0.1, -0.05) is 29.8 Å². The molecule has 162 valence electrons. The largest absolute Gasteiger partial charge is 0.497 e. The molecule has 1 aliphatic rings. The number of nitrogens with zero attached hydrogens (tertiary/aromatic N) is 1. The summed E-state index contributed by atoms with van der Waals surface area (Å²) in [4.78, 5) is 13.1. The van der Waals surface area contributed by atoms with E-state index in [1.54, 1.807) is 7.11 Å². The molecule has 30 heavy (non-hydrogen) atoms. The summed E-state index contributed by atoms with van der Waals surface area (Å²) in [5.74, 6) is 0.306. The van der Waals surface area contributed by atoms with Gasteiger partial charge < -0.3 is 10.1 Å². The van der Waals surface area contributed by atoms with Gasteiger partial charge in [0.1, 0.15) is 5.75 Å². The van der Waals surface area contributed by atoms with Gasteiger partial charge in [0.15, 0.2) is 0 Å². The van der Waals surface area contributed by atoms with Crippen LogP contribution in [0.4, 0.5) is 0 Å². The molecule has 0 saturated carbocycles. The molecule has 2 aromatic rings. The number of hydrogen-bond acceptors (Lipinski definition) is 4. The van der Waals surface area contributed by atoms with Crippen LogP contribution in [0.2, 0.25) is 0 Å². The molecule has 0 aliphatic carbocycles. The Morgan fingerprint density at radius 2 is 1.77 bits per heavy atom. The van der Waals surface area contributed by atoms with E-state index in [2.05, 4.69) is 5.32 Å². The summed E-state index contributed by atoms with van der Waals surface area (Å²) in [6.07, 6.45) is 1.36. The van der Waals surface area contributed by atoms with Crippen LogP contribution < -0.4 is 10.1 Å². The third kappa shape index (κ3) is 4.84. The normalized spacial score (nSPS) is 17.5. The standard InChI is InChI=1S/C23H30N2O4S/c1-16-12-17(2)22(18(3)13-16)30(27,28)25-11-5-6-20(15-25)23(26)24-14-19-7-9-21(29-4)10-8-19/h7-10,12-13,20H,5-6,11,14-15H2,1-4H3,(H,24,26)/t20-/m1/s1. The van der Waals surface area contributed by atoms with Gasteiger partial charge >= 0.3 is 0 Å². The maximum atomic E-state index is 13.3. The molecule has 3 rings (SSSR count). The Morgan fingerprint density at radius 3 is 2.37 bits per heavy atom. The Morgan fingerprint density at radius 1 is 1.13 bits per heavy atom. The lowest BCUT2D eigenvalue weighted by molar-refractivity contribution is -0.126. The van der Waals surface area contributed by atoms with E-state index in [1.807, 2.05) is 57.2 Å². The highest BCUT2D eigenvalue weighted by molar-refractivity contribution is 7.89. The zero-order chi connectivity index (χ0) is 21.9. The maximum absolute atomic E-state index is 13.3. The summed E-state index contributed by atoms with van der Waals surface area (Å²) >= 11 is 0. The van der Waals surface area contributed by atoms with E-state index in [0.29, 0.717) is 30.8 Å². The van der Waals surface area contributed by atoms with Crippen LogP contribution in [0, 0.1) is 26.7 Å². The minimum Gasteiger partial charge on any atom is -0.497 e. The average molecular weight is 431 g/mol. The number of carbonyl (C=O) groups excluding carboxylic acids is 1. The highest BCUT2D eigenvalue weighted by atomic mass is 32.2. The summed E-state index contributed by atoms with van der Waals surface area (Å²) in [7, 11) is -2.03. The van der Waals surface area contributed by atoms with E-state index in [9.17, 15) is 13.2 Å². The molecule has 6 nitrogen and oxygen atoms in total. The van der Waals surface area contributed by atoms with Gasteiger partial charge in [0, 0.05) is 19.6 Å². The Labute approximate surface area is 179 Å². The van der Waals surface area contributed by atoms with Gasteiger partial charge in [0.25, 0.3) is 0 Å². The lowest BCUT2D eigenvalue weighted by Crippen LogP contribution is -2.45. The van der Waals surface area contributed by atoms with E-state index in [-0.39, 0.29) is 18.4 Å². The number of benzene rings is 2. The van der Waals surface area contributed by atoms with E-state index in [0.717, 1.165) is 28.0 Å². The minimum atomic E-state index is -3.64. The van der Waals surface area contributed by atoms with Gasteiger partial charge in [-0.3, -0.25) is 4.79 Å². The second-order valence-electron chi connectivity index (χ2n) is 8.00. The Hall–Kier alpha value is -2.38. The molecule has 1 fully saturated rings. The van der Waals surface area contributed by atoms with Crippen molar-refractivity contribution in [1.82, 2.24) is 9.62 Å². The fourth-order valence-corrected chi connectivity index (χ4v) is 6.09. The molecule has 1 N–H and O–H groups in total. The first-order valence-electron chi connectivity index (χ1n) is 10.2. The van der Waals surface area contributed by atoms with E-state index >= 15 is 0 Å². The maximum Gasteiger partial charge on any atom is 0.243 e. The second kappa shape index (κ2) is 9.18. The molecule has 0 aromatic heterocycles. The predicted octanol–water partition coefficient (Wildman–Crippen LogP) is 3.34. The van der Waals surface area contributed by atoms with Crippen LogP contribution in [0.15, 0.2) is 41.3 Å². The van der Waals surface area contributed by atoms with Crippen molar-refractivity contribution in [3.05, 3.63) is 58.7 Å². The fraction of sp³-hybridized carbons (Fsp3) is 0.435. The van der Waals surface area contributed by atoms with E-state index in [1.165, 1.54) is 4.31 Å². The van der Waals surface area contributed by atoms with Crippen molar-refractivity contribution in [1.29, 1.82) is 0 Å². The molecule has 1 heterocycles. The number of amides is 1. The van der Waals surface area contributed by atoms with Crippen LogP contribution >= 0.6 is 0 Å². The lowest BCUT2D eigenvalue weighted by Gasteiger charge is -2.32. The number of nitrogens with one attached hydrogen (secondary N) is 1. The number of piperidine rings is 1. The topological polar surface area (TPSA) is 75.7 Å². The number of rotatable bonds is 6. The molecule has 2 aromatic carbocycles.